The van der Waals surface area contributed by atoms with Crippen molar-refractivity contribution in [3.8, 4) is 5.75 Å². The average Bonchev–Trinajstić information content (AvgIpc) is 2.71. The summed E-state index contributed by atoms with van der Waals surface area (Å²) in [5, 5.41) is 7.70. The monoisotopic (exact) mass is 260 g/mol. The number of ether oxygens (including phenoxy) is 1. The second-order valence-electron chi connectivity index (χ2n) is 4.66. The largest absolute Gasteiger partial charge is 0.487 e. The van der Waals surface area contributed by atoms with Gasteiger partial charge in [0.15, 0.2) is 11.6 Å². The molecule has 0 aliphatic heterocycles. The van der Waals surface area contributed by atoms with Crippen LogP contribution in [0.15, 0.2) is 24.5 Å². The van der Waals surface area contributed by atoms with Crippen LogP contribution in [-0.2, 0) is 13.5 Å². The van der Waals surface area contributed by atoms with Gasteiger partial charge < -0.3 is 10.1 Å². The third-order valence-electron chi connectivity index (χ3n) is 2.63. The Morgan fingerprint density at radius 2 is 2.21 bits per heavy atom. The quantitative estimate of drug-likeness (QED) is 0.898. The molecular formula is C14H20N4O. The molecule has 0 saturated heterocycles. The van der Waals surface area contributed by atoms with Crippen molar-refractivity contribution in [1.82, 2.24) is 14.8 Å². The molecule has 0 amide bonds. The van der Waals surface area contributed by atoms with Crippen LogP contribution in [0.3, 0.4) is 0 Å². The highest BCUT2D eigenvalue weighted by atomic mass is 16.5. The summed E-state index contributed by atoms with van der Waals surface area (Å²) in [7, 11) is 1.91. The molecule has 0 radical (unpaired) electrons. The Morgan fingerprint density at radius 1 is 1.42 bits per heavy atom. The van der Waals surface area contributed by atoms with Gasteiger partial charge in [0.2, 0.25) is 0 Å². The SMILES string of the molecule is CCc1nn(C)cc1Nc1ncccc1OC(C)C. The van der Waals surface area contributed by atoms with Crippen LogP contribution in [-0.4, -0.2) is 20.9 Å². The highest BCUT2D eigenvalue weighted by molar-refractivity contribution is 5.63. The molecule has 19 heavy (non-hydrogen) atoms. The van der Waals surface area contributed by atoms with Gasteiger partial charge in [0.25, 0.3) is 0 Å². The number of anilines is 2. The Bertz CT molecular complexity index is 548. The van der Waals surface area contributed by atoms with Crippen LogP contribution < -0.4 is 10.1 Å². The van der Waals surface area contributed by atoms with Gasteiger partial charge in [0.1, 0.15) is 0 Å². The van der Waals surface area contributed by atoms with Crippen LogP contribution >= 0.6 is 0 Å². The molecule has 2 heterocycles. The molecule has 5 nitrogen and oxygen atoms in total. The second kappa shape index (κ2) is 5.73. The third kappa shape index (κ3) is 3.24. The van der Waals surface area contributed by atoms with Crippen molar-refractivity contribution in [2.45, 2.75) is 33.3 Å². The summed E-state index contributed by atoms with van der Waals surface area (Å²) >= 11 is 0. The van der Waals surface area contributed by atoms with E-state index in [1.807, 2.05) is 39.2 Å². The van der Waals surface area contributed by atoms with Gasteiger partial charge in [-0.3, -0.25) is 4.68 Å². The van der Waals surface area contributed by atoms with Crippen molar-refractivity contribution in [1.29, 1.82) is 0 Å². The molecule has 0 aromatic carbocycles. The maximum atomic E-state index is 5.75. The van der Waals surface area contributed by atoms with Crippen LogP contribution in [0.1, 0.15) is 26.5 Å². The van der Waals surface area contributed by atoms with E-state index in [0.717, 1.165) is 29.4 Å². The summed E-state index contributed by atoms with van der Waals surface area (Å²) in [6.45, 7) is 6.08. The molecule has 2 aromatic rings. The summed E-state index contributed by atoms with van der Waals surface area (Å²) < 4.78 is 7.54. The minimum Gasteiger partial charge on any atom is -0.487 e. The van der Waals surface area contributed by atoms with Gasteiger partial charge in [0.05, 0.1) is 17.5 Å². The number of nitrogens with zero attached hydrogens (tertiary/aromatic N) is 3. The summed E-state index contributed by atoms with van der Waals surface area (Å²) in [6, 6.07) is 3.78. The highest BCUT2D eigenvalue weighted by Crippen LogP contribution is 2.27. The van der Waals surface area contributed by atoms with Gasteiger partial charge in [-0.25, -0.2) is 4.98 Å². The fraction of sp³-hybridized carbons (Fsp3) is 0.429. The van der Waals surface area contributed by atoms with E-state index in [2.05, 4.69) is 22.3 Å². The third-order valence-corrected chi connectivity index (χ3v) is 2.63. The molecule has 1 N–H and O–H groups in total. The summed E-state index contributed by atoms with van der Waals surface area (Å²) in [5.74, 6) is 1.47. The van der Waals surface area contributed by atoms with Crippen molar-refractivity contribution in [3.63, 3.8) is 0 Å². The number of hydrogen-bond acceptors (Lipinski definition) is 4. The van der Waals surface area contributed by atoms with Gasteiger partial charge in [-0.15, -0.1) is 0 Å². The number of aromatic nitrogens is 3. The Balaban J connectivity index is 2.27. The number of nitrogens with one attached hydrogen (secondary N) is 1. The minimum absolute atomic E-state index is 0.115. The molecule has 102 valence electrons. The van der Waals surface area contributed by atoms with Crippen LogP contribution in [0, 0.1) is 0 Å². The fourth-order valence-electron chi connectivity index (χ4n) is 1.86. The Hall–Kier alpha value is -2.04. The zero-order valence-corrected chi connectivity index (χ0v) is 11.8. The average molecular weight is 260 g/mol. The second-order valence-corrected chi connectivity index (χ2v) is 4.66. The standard InChI is InChI=1S/C14H20N4O/c1-5-11-12(9-18(4)17-11)16-14-13(19-10(2)3)7-6-8-15-14/h6-10H,5H2,1-4H3,(H,15,16). The van der Waals surface area contributed by atoms with E-state index in [1.54, 1.807) is 10.9 Å². The minimum atomic E-state index is 0.115. The van der Waals surface area contributed by atoms with Gasteiger partial charge in [-0.1, -0.05) is 6.92 Å². The molecule has 0 saturated carbocycles. The maximum absolute atomic E-state index is 5.75. The lowest BCUT2D eigenvalue weighted by Crippen LogP contribution is -2.08. The number of pyridine rings is 1. The van der Waals surface area contributed by atoms with Crippen molar-refractivity contribution < 1.29 is 4.74 Å². The molecule has 0 unspecified atom stereocenters. The van der Waals surface area contributed by atoms with E-state index < -0.39 is 0 Å². The van der Waals surface area contributed by atoms with E-state index in [0.29, 0.717) is 0 Å². The zero-order valence-electron chi connectivity index (χ0n) is 11.8. The Morgan fingerprint density at radius 3 is 2.89 bits per heavy atom. The number of rotatable bonds is 5. The first-order chi connectivity index (χ1) is 9.10. The van der Waals surface area contributed by atoms with E-state index >= 15 is 0 Å². The first-order valence-corrected chi connectivity index (χ1v) is 6.51. The molecule has 0 bridgehead atoms. The molecule has 2 rings (SSSR count). The summed E-state index contributed by atoms with van der Waals surface area (Å²) in [5.41, 5.74) is 1.99. The van der Waals surface area contributed by atoms with E-state index in [9.17, 15) is 0 Å². The van der Waals surface area contributed by atoms with Gasteiger partial charge >= 0.3 is 0 Å². The van der Waals surface area contributed by atoms with Crippen LogP contribution in [0.5, 0.6) is 5.75 Å². The predicted octanol–water partition coefficient (Wildman–Crippen LogP) is 2.91. The van der Waals surface area contributed by atoms with Crippen LogP contribution in [0.4, 0.5) is 11.5 Å². The molecule has 0 spiro atoms. The highest BCUT2D eigenvalue weighted by Gasteiger charge is 2.11. The molecule has 0 aliphatic rings. The first-order valence-electron chi connectivity index (χ1n) is 6.51. The number of aryl methyl sites for hydroxylation is 2. The molecular weight excluding hydrogens is 240 g/mol. The normalized spacial score (nSPS) is 10.8. The van der Waals surface area contributed by atoms with E-state index in [1.165, 1.54) is 0 Å². The van der Waals surface area contributed by atoms with Gasteiger partial charge in [-0.05, 0) is 32.4 Å². The molecule has 0 fully saturated rings. The Kier molecular flexibility index (Phi) is 4.04. The van der Waals surface area contributed by atoms with Crippen LogP contribution in [0.25, 0.3) is 0 Å². The first kappa shape index (κ1) is 13.4. The topological polar surface area (TPSA) is 52.0 Å². The lowest BCUT2D eigenvalue weighted by Gasteiger charge is -2.14. The van der Waals surface area contributed by atoms with Crippen molar-refractivity contribution >= 4 is 11.5 Å². The zero-order chi connectivity index (χ0) is 13.8. The molecule has 0 aliphatic carbocycles. The predicted molar refractivity (Wildman–Crippen MR) is 75.9 cm³/mol. The van der Waals surface area contributed by atoms with Crippen molar-refractivity contribution in [2.75, 3.05) is 5.32 Å². The van der Waals surface area contributed by atoms with Crippen LogP contribution in [0.2, 0.25) is 0 Å². The number of hydrogen-bond donors (Lipinski definition) is 1. The van der Waals surface area contributed by atoms with Gasteiger partial charge in [0, 0.05) is 19.4 Å². The van der Waals surface area contributed by atoms with Crippen molar-refractivity contribution in [2.24, 2.45) is 7.05 Å². The molecule has 5 heteroatoms. The summed E-state index contributed by atoms with van der Waals surface area (Å²) in [6.07, 6.45) is 4.69. The molecule has 0 atom stereocenters. The van der Waals surface area contributed by atoms with E-state index in [-0.39, 0.29) is 6.10 Å². The fourth-order valence-corrected chi connectivity index (χ4v) is 1.86. The van der Waals surface area contributed by atoms with Crippen molar-refractivity contribution in [3.05, 3.63) is 30.2 Å². The molecule has 2 aromatic heterocycles. The van der Waals surface area contributed by atoms with E-state index in [4.69, 9.17) is 4.74 Å². The lowest BCUT2D eigenvalue weighted by atomic mass is 10.3. The Labute approximate surface area is 113 Å². The lowest BCUT2D eigenvalue weighted by molar-refractivity contribution is 0.243. The van der Waals surface area contributed by atoms with Gasteiger partial charge in [-0.2, -0.15) is 5.10 Å². The summed E-state index contributed by atoms with van der Waals surface area (Å²) in [4.78, 5) is 4.34. The maximum Gasteiger partial charge on any atom is 0.173 e. The smallest absolute Gasteiger partial charge is 0.173 e.